The molecule has 0 saturated carbocycles. The highest BCUT2D eigenvalue weighted by Gasteiger charge is 2.24. The lowest BCUT2D eigenvalue weighted by molar-refractivity contribution is -0.151. The first-order valence-corrected chi connectivity index (χ1v) is 25.7. The molecule has 0 radical (unpaired) electrons. The summed E-state index contributed by atoms with van der Waals surface area (Å²) in [4.78, 5) is 26.1. The third-order valence-electron chi connectivity index (χ3n) is 11.3. The number of nitrogens with one attached hydrogen (secondary N) is 1. The Morgan fingerprint density at radius 2 is 0.967 bits per heavy atom. The van der Waals surface area contributed by atoms with Crippen LogP contribution in [0.15, 0.2) is 72.9 Å². The van der Waals surface area contributed by atoms with Crippen LogP contribution in [0.2, 0.25) is 0 Å². The maximum Gasteiger partial charge on any atom is 0.306 e. The normalized spacial score (nSPS) is 13.9. The van der Waals surface area contributed by atoms with E-state index in [1.165, 1.54) is 83.5 Å². The first-order valence-electron chi connectivity index (χ1n) is 25.7. The monoisotopic (exact) mass is 852 g/mol. The molecule has 0 fully saturated rings. The quantitative estimate of drug-likeness (QED) is 0.0245. The number of hydrogen-bond donors (Lipinski definition) is 3. The highest BCUT2D eigenvalue weighted by atomic mass is 16.5. The molecule has 0 saturated heterocycles. The van der Waals surface area contributed by atoms with Crippen LogP contribution in [0.5, 0.6) is 0 Å². The minimum absolute atomic E-state index is 0.0560. The molecule has 0 aromatic carbocycles. The van der Waals surface area contributed by atoms with Crippen LogP contribution in [-0.4, -0.2) is 46.9 Å². The standard InChI is InChI=1S/C55H97NO5/c1-4-7-10-13-16-19-22-25-26-27-30-33-36-39-42-45-48-55(60)61-51(46-43-40-37-34-31-28-23-20-17-14-11-8-5-2)49-54(59)56-52(50-57)53(58)47-44-41-38-35-32-29-24-21-18-15-12-9-6-3/h7-8,10-11,14,16-17,19-20,23,25-26,51-53,57-58H,4-6,9,12-13,15,18,21-22,24,27-50H2,1-3H3,(H,56,59)/b10-7+,11-8+,17-14+,19-16+,23-20+,26-25+. The van der Waals surface area contributed by atoms with E-state index in [-0.39, 0.29) is 24.9 Å². The van der Waals surface area contributed by atoms with Gasteiger partial charge >= 0.3 is 5.97 Å². The molecule has 3 unspecified atom stereocenters. The molecule has 0 heterocycles. The smallest absolute Gasteiger partial charge is 0.306 e. The average molecular weight is 852 g/mol. The number of aliphatic hydroxyl groups is 2. The number of carbonyl (C=O) groups is 2. The van der Waals surface area contributed by atoms with E-state index in [1.807, 2.05) is 0 Å². The summed E-state index contributed by atoms with van der Waals surface area (Å²) in [5.41, 5.74) is 0. The van der Waals surface area contributed by atoms with Crippen molar-refractivity contribution in [1.82, 2.24) is 5.32 Å². The van der Waals surface area contributed by atoms with Gasteiger partial charge in [-0.15, -0.1) is 0 Å². The lowest BCUT2D eigenvalue weighted by Gasteiger charge is -2.24. The molecule has 0 aromatic heterocycles. The molecule has 6 heteroatoms. The second kappa shape index (κ2) is 48.3. The van der Waals surface area contributed by atoms with Crippen molar-refractivity contribution in [2.75, 3.05) is 6.61 Å². The van der Waals surface area contributed by atoms with E-state index in [9.17, 15) is 19.8 Å². The molecular formula is C55H97NO5. The molecule has 0 rings (SSSR count). The number of ether oxygens (including phenoxy) is 1. The summed E-state index contributed by atoms with van der Waals surface area (Å²) in [6, 6.07) is -0.713. The molecule has 0 aliphatic heterocycles. The summed E-state index contributed by atoms with van der Waals surface area (Å²) in [5, 5.41) is 23.8. The summed E-state index contributed by atoms with van der Waals surface area (Å²) in [5.74, 6) is -0.510. The second-order valence-corrected chi connectivity index (χ2v) is 17.2. The molecule has 0 bridgehead atoms. The van der Waals surface area contributed by atoms with Gasteiger partial charge in [0.1, 0.15) is 6.10 Å². The fraction of sp³-hybridized carbons (Fsp3) is 0.745. The lowest BCUT2D eigenvalue weighted by Crippen LogP contribution is -2.46. The number of rotatable bonds is 45. The summed E-state index contributed by atoms with van der Waals surface area (Å²) in [6.45, 7) is 6.23. The SMILES string of the molecule is CC/C=C/C=C/C=C/CCCCCCCC(CC(=O)NC(CO)C(O)CCCCCCCCCCCCCCC)OC(=O)CCCCCCCC/C=C/C/C=C/C/C=C/CC. The molecule has 6 nitrogen and oxygen atoms in total. The average Bonchev–Trinajstić information content (AvgIpc) is 3.25. The van der Waals surface area contributed by atoms with E-state index in [0.29, 0.717) is 19.3 Å². The van der Waals surface area contributed by atoms with Crippen LogP contribution in [0.3, 0.4) is 0 Å². The van der Waals surface area contributed by atoms with Crippen LogP contribution in [0, 0.1) is 0 Å². The Hall–Kier alpha value is -2.70. The fourth-order valence-electron chi connectivity index (χ4n) is 7.50. The Morgan fingerprint density at radius 3 is 1.52 bits per heavy atom. The number of carbonyl (C=O) groups excluding carboxylic acids is 2. The van der Waals surface area contributed by atoms with Crippen LogP contribution in [0.25, 0.3) is 0 Å². The van der Waals surface area contributed by atoms with E-state index < -0.39 is 18.2 Å². The number of aliphatic hydroxyl groups excluding tert-OH is 2. The molecular weight excluding hydrogens is 755 g/mol. The number of allylic oxidation sites excluding steroid dienone is 12. The van der Waals surface area contributed by atoms with Crippen LogP contribution in [0.4, 0.5) is 0 Å². The van der Waals surface area contributed by atoms with E-state index in [2.05, 4.69) is 99.0 Å². The van der Waals surface area contributed by atoms with Gasteiger partial charge in [-0.1, -0.05) is 222 Å². The Morgan fingerprint density at radius 1 is 0.508 bits per heavy atom. The molecule has 1 amide bonds. The predicted octanol–water partition coefficient (Wildman–Crippen LogP) is 15.4. The predicted molar refractivity (Wildman–Crippen MR) is 264 cm³/mol. The number of amides is 1. The molecule has 0 aliphatic carbocycles. The third-order valence-corrected chi connectivity index (χ3v) is 11.3. The maximum absolute atomic E-state index is 13.2. The number of hydrogen-bond acceptors (Lipinski definition) is 5. The van der Waals surface area contributed by atoms with E-state index in [0.717, 1.165) is 109 Å². The molecule has 352 valence electrons. The van der Waals surface area contributed by atoms with Gasteiger partial charge in [0, 0.05) is 6.42 Å². The summed E-state index contributed by atoms with van der Waals surface area (Å²) < 4.78 is 5.92. The van der Waals surface area contributed by atoms with Crippen molar-refractivity contribution in [2.45, 2.75) is 257 Å². The van der Waals surface area contributed by atoms with Crippen LogP contribution in [-0.2, 0) is 14.3 Å². The van der Waals surface area contributed by atoms with E-state index >= 15 is 0 Å². The molecule has 3 atom stereocenters. The van der Waals surface area contributed by atoms with Crippen LogP contribution >= 0.6 is 0 Å². The minimum atomic E-state index is -0.798. The topological polar surface area (TPSA) is 95.9 Å². The molecule has 3 N–H and O–H groups in total. The van der Waals surface area contributed by atoms with Crippen molar-refractivity contribution in [1.29, 1.82) is 0 Å². The van der Waals surface area contributed by atoms with Crippen molar-refractivity contribution in [3.63, 3.8) is 0 Å². The number of esters is 1. The largest absolute Gasteiger partial charge is 0.462 e. The Labute approximate surface area is 377 Å². The van der Waals surface area contributed by atoms with E-state index in [1.54, 1.807) is 0 Å². The third kappa shape index (κ3) is 43.7. The van der Waals surface area contributed by atoms with Gasteiger partial charge in [-0.3, -0.25) is 9.59 Å². The van der Waals surface area contributed by atoms with Gasteiger partial charge in [0.25, 0.3) is 0 Å². The maximum atomic E-state index is 13.2. The Bertz CT molecular complexity index is 1140. The van der Waals surface area contributed by atoms with Gasteiger partial charge in [-0.2, -0.15) is 0 Å². The van der Waals surface area contributed by atoms with Crippen molar-refractivity contribution in [3.8, 4) is 0 Å². The lowest BCUT2D eigenvalue weighted by atomic mass is 10.0. The highest BCUT2D eigenvalue weighted by Crippen LogP contribution is 2.18. The van der Waals surface area contributed by atoms with Crippen LogP contribution in [0.1, 0.15) is 239 Å². The fourth-order valence-corrected chi connectivity index (χ4v) is 7.50. The molecule has 0 spiro atoms. The molecule has 61 heavy (non-hydrogen) atoms. The Kier molecular flexibility index (Phi) is 46.2. The summed E-state index contributed by atoms with van der Waals surface area (Å²) >= 11 is 0. The number of unbranched alkanes of at least 4 members (excludes halogenated alkanes) is 23. The van der Waals surface area contributed by atoms with Gasteiger partial charge in [0.15, 0.2) is 0 Å². The van der Waals surface area contributed by atoms with Crippen molar-refractivity contribution >= 4 is 11.9 Å². The molecule has 0 aliphatic rings. The zero-order chi connectivity index (χ0) is 44.5. The second-order valence-electron chi connectivity index (χ2n) is 17.2. The summed E-state index contributed by atoms with van der Waals surface area (Å²) in [6.07, 6.45) is 61.0. The van der Waals surface area contributed by atoms with E-state index in [4.69, 9.17) is 4.74 Å². The van der Waals surface area contributed by atoms with Gasteiger partial charge < -0.3 is 20.3 Å². The Balaban J connectivity index is 4.62. The van der Waals surface area contributed by atoms with Gasteiger partial charge in [-0.05, 0) is 77.0 Å². The van der Waals surface area contributed by atoms with Gasteiger partial charge in [-0.25, -0.2) is 0 Å². The highest BCUT2D eigenvalue weighted by molar-refractivity contribution is 5.77. The van der Waals surface area contributed by atoms with Crippen molar-refractivity contribution in [2.24, 2.45) is 0 Å². The van der Waals surface area contributed by atoms with Crippen molar-refractivity contribution in [3.05, 3.63) is 72.9 Å². The first-order chi connectivity index (χ1) is 30.0. The van der Waals surface area contributed by atoms with Crippen molar-refractivity contribution < 1.29 is 24.5 Å². The van der Waals surface area contributed by atoms with Crippen LogP contribution < -0.4 is 5.32 Å². The van der Waals surface area contributed by atoms with Gasteiger partial charge in [0.05, 0.1) is 25.2 Å². The zero-order valence-corrected chi connectivity index (χ0v) is 40.0. The first kappa shape index (κ1) is 58.3. The van der Waals surface area contributed by atoms with Gasteiger partial charge in [0.2, 0.25) is 5.91 Å². The summed E-state index contributed by atoms with van der Waals surface area (Å²) in [7, 11) is 0. The minimum Gasteiger partial charge on any atom is -0.462 e. The molecule has 0 aromatic rings. The zero-order valence-electron chi connectivity index (χ0n) is 40.0.